The Bertz CT molecular complexity index is 1070. The van der Waals surface area contributed by atoms with Gasteiger partial charge in [-0.05, 0) is 24.6 Å². The first-order chi connectivity index (χ1) is 12.4. The van der Waals surface area contributed by atoms with Crippen LogP contribution in [0.15, 0.2) is 41.8 Å². The van der Waals surface area contributed by atoms with Gasteiger partial charge in [0, 0.05) is 31.5 Å². The molecule has 3 aromatic rings. The Morgan fingerprint density at radius 2 is 2.08 bits per heavy atom. The second-order valence-corrected chi connectivity index (χ2v) is 8.35. The molecule has 26 heavy (non-hydrogen) atoms. The molecule has 0 saturated heterocycles. The Kier molecular flexibility index (Phi) is 3.92. The second kappa shape index (κ2) is 6.03. The lowest BCUT2D eigenvalue weighted by Gasteiger charge is -2.17. The van der Waals surface area contributed by atoms with Crippen molar-refractivity contribution in [2.45, 2.75) is 31.5 Å². The first kappa shape index (κ1) is 16.9. The standard InChI is InChI=1S/C17H18FN5O2S/c1-12-3-4-13(7-15(12)18)26(24,25)23-8-14-16(9-22-6-5-19-11-22)20-21(2)17(14)10-23/h3-7,11H,8-10H2,1-2H3. The summed E-state index contributed by atoms with van der Waals surface area (Å²) in [7, 11) is -1.97. The Morgan fingerprint density at radius 3 is 2.77 bits per heavy atom. The van der Waals surface area contributed by atoms with Crippen LogP contribution in [0.1, 0.15) is 22.5 Å². The van der Waals surface area contributed by atoms with E-state index in [4.69, 9.17) is 0 Å². The Labute approximate surface area is 150 Å². The molecule has 9 heteroatoms. The predicted molar refractivity (Wildman–Crippen MR) is 92.1 cm³/mol. The minimum Gasteiger partial charge on any atom is -0.331 e. The van der Waals surface area contributed by atoms with Gasteiger partial charge in [0.25, 0.3) is 0 Å². The fourth-order valence-electron chi connectivity index (χ4n) is 3.18. The third kappa shape index (κ3) is 2.73. The molecule has 0 unspecified atom stereocenters. The summed E-state index contributed by atoms with van der Waals surface area (Å²) in [5.74, 6) is -0.523. The molecule has 0 aliphatic carbocycles. The molecule has 0 fully saturated rings. The number of aryl methyl sites for hydroxylation is 2. The van der Waals surface area contributed by atoms with Crippen molar-refractivity contribution in [2.75, 3.05) is 0 Å². The summed E-state index contributed by atoms with van der Waals surface area (Å²) < 4.78 is 44.6. The summed E-state index contributed by atoms with van der Waals surface area (Å²) in [6.07, 6.45) is 5.21. The number of benzene rings is 1. The van der Waals surface area contributed by atoms with Gasteiger partial charge >= 0.3 is 0 Å². The highest BCUT2D eigenvalue weighted by Gasteiger charge is 2.35. The highest BCUT2D eigenvalue weighted by molar-refractivity contribution is 7.89. The molecule has 3 heterocycles. The van der Waals surface area contributed by atoms with E-state index in [2.05, 4.69) is 10.1 Å². The van der Waals surface area contributed by atoms with E-state index in [0.717, 1.165) is 23.0 Å². The summed E-state index contributed by atoms with van der Waals surface area (Å²) >= 11 is 0. The molecule has 4 rings (SSSR count). The van der Waals surface area contributed by atoms with Crippen LogP contribution in [0.3, 0.4) is 0 Å². The van der Waals surface area contributed by atoms with Crippen molar-refractivity contribution in [3.05, 3.63) is 65.3 Å². The molecular weight excluding hydrogens is 357 g/mol. The SMILES string of the molecule is Cc1ccc(S(=O)(=O)N2Cc3c(Cn4ccnc4)nn(C)c3C2)cc1F. The summed E-state index contributed by atoms with van der Waals surface area (Å²) in [4.78, 5) is 3.98. The number of rotatable bonds is 4. The van der Waals surface area contributed by atoms with Gasteiger partial charge in [-0.1, -0.05) is 6.07 Å². The Morgan fingerprint density at radius 1 is 1.27 bits per heavy atom. The first-order valence-electron chi connectivity index (χ1n) is 8.12. The maximum absolute atomic E-state index is 13.8. The van der Waals surface area contributed by atoms with Crippen molar-refractivity contribution in [3.63, 3.8) is 0 Å². The largest absolute Gasteiger partial charge is 0.331 e. The maximum atomic E-state index is 13.8. The minimum atomic E-state index is -3.78. The highest BCUT2D eigenvalue weighted by Crippen LogP contribution is 2.31. The number of halogens is 1. The van der Waals surface area contributed by atoms with Crippen molar-refractivity contribution in [2.24, 2.45) is 7.05 Å². The second-order valence-electron chi connectivity index (χ2n) is 6.41. The van der Waals surface area contributed by atoms with Gasteiger partial charge in [0.2, 0.25) is 10.0 Å². The van der Waals surface area contributed by atoms with Crippen LogP contribution in [-0.2, 0) is 36.7 Å². The molecule has 1 aromatic carbocycles. The monoisotopic (exact) mass is 375 g/mol. The van der Waals surface area contributed by atoms with Crippen molar-refractivity contribution >= 4 is 10.0 Å². The van der Waals surface area contributed by atoms with Crippen LogP contribution in [-0.4, -0.2) is 32.1 Å². The van der Waals surface area contributed by atoms with E-state index < -0.39 is 15.8 Å². The zero-order valence-corrected chi connectivity index (χ0v) is 15.2. The van der Waals surface area contributed by atoms with Crippen LogP contribution in [0.25, 0.3) is 0 Å². The Hall–Kier alpha value is -2.52. The van der Waals surface area contributed by atoms with Gasteiger partial charge in [-0.25, -0.2) is 17.8 Å². The quantitative estimate of drug-likeness (QED) is 0.697. The summed E-state index contributed by atoms with van der Waals surface area (Å²) in [6, 6.07) is 4.01. The van der Waals surface area contributed by atoms with Gasteiger partial charge in [0.05, 0.1) is 35.7 Å². The van der Waals surface area contributed by atoms with Crippen LogP contribution < -0.4 is 0 Å². The molecule has 0 amide bonds. The van der Waals surface area contributed by atoms with Crippen LogP contribution >= 0.6 is 0 Å². The minimum absolute atomic E-state index is 0.0301. The lowest BCUT2D eigenvalue weighted by molar-refractivity contribution is 0.419. The van der Waals surface area contributed by atoms with Crippen molar-refractivity contribution in [1.29, 1.82) is 0 Å². The molecule has 0 saturated carbocycles. The molecule has 0 spiro atoms. The topological polar surface area (TPSA) is 73.0 Å². The number of nitrogens with zero attached hydrogens (tertiary/aromatic N) is 5. The molecule has 2 aromatic heterocycles. The number of aromatic nitrogens is 4. The van der Waals surface area contributed by atoms with Gasteiger partial charge in [0.1, 0.15) is 5.82 Å². The van der Waals surface area contributed by atoms with Crippen molar-refractivity contribution in [1.82, 2.24) is 23.6 Å². The molecule has 7 nitrogen and oxygen atoms in total. The van der Waals surface area contributed by atoms with E-state index in [1.54, 1.807) is 31.2 Å². The average Bonchev–Trinajstić information content (AvgIpc) is 3.30. The van der Waals surface area contributed by atoms with Crippen LogP contribution in [0.5, 0.6) is 0 Å². The number of fused-ring (bicyclic) bond motifs is 1. The van der Waals surface area contributed by atoms with E-state index in [9.17, 15) is 12.8 Å². The molecule has 1 aliphatic rings. The van der Waals surface area contributed by atoms with Crippen molar-refractivity contribution in [3.8, 4) is 0 Å². The van der Waals surface area contributed by atoms with Gasteiger partial charge < -0.3 is 4.57 Å². The number of imidazole rings is 1. The maximum Gasteiger partial charge on any atom is 0.243 e. The fourth-order valence-corrected chi connectivity index (χ4v) is 4.56. The van der Waals surface area contributed by atoms with Crippen LogP contribution in [0.2, 0.25) is 0 Å². The third-order valence-corrected chi connectivity index (χ3v) is 6.48. The smallest absolute Gasteiger partial charge is 0.243 e. The van der Waals surface area contributed by atoms with Gasteiger partial charge in [-0.2, -0.15) is 9.40 Å². The third-order valence-electron chi connectivity index (χ3n) is 4.69. The molecular formula is C17H18FN5O2S. The molecule has 0 atom stereocenters. The average molecular weight is 375 g/mol. The first-order valence-corrected chi connectivity index (χ1v) is 9.56. The lowest BCUT2D eigenvalue weighted by atomic mass is 10.2. The Balaban J connectivity index is 1.65. The number of hydrogen-bond acceptors (Lipinski definition) is 4. The zero-order chi connectivity index (χ0) is 18.5. The number of sulfonamides is 1. The highest BCUT2D eigenvalue weighted by atomic mass is 32.2. The summed E-state index contributed by atoms with van der Waals surface area (Å²) in [5, 5.41) is 4.51. The van der Waals surface area contributed by atoms with Crippen molar-refractivity contribution < 1.29 is 12.8 Å². The van der Waals surface area contributed by atoms with Gasteiger partial charge in [-0.15, -0.1) is 0 Å². The van der Waals surface area contributed by atoms with E-state index in [1.807, 2.05) is 10.8 Å². The molecule has 0 bridgehead atoms. The fraction of sp³-hybridized carbons (Fsp3) is 0.294. The molecule has 0 radical (unpaired) electrons. The zero-order valence-electron chi connectivity index (χ0n) is 14.4. The molecule has 136 valence electrons. The van der Waals surface area contributed by atoms with Crippen LogP contribution in [0.4, 0.5) is 4.39 Å². The van der Waals surface area contributed by atoms with E-state index in [1.165, 1.54) is 16.4 Å². The predicted octanol–water partition coefficient (Wildman–Crippen LogP) is 1.82. The normalized spacial score (nSPS) is 14.7. The van der Waals surface area contributed by atoms with E-state index >= 15 is 0 Å². The number of hydrogen-bond donors (Lipinski definition) is 0. The summed E-state index contributed by atoms with van der Waals surface area (Å²) in [5.41, 5.74) is 2.99. The van der Waals surface area contributed by atoms with E-state index in [0.29, 0.717) is 12.1 Å². The van der Waals surface area contributed by atoms with Gasteiger partial charge in [-0.3, -0.25) is 4.68 Å². The molecule has 0 N–H and O–H groups in total. The van der Waals surface area contributed by atoms with E-state index in [-0.39, 0.29) is 18.0 Å². The van der Waals surface area contributed by atoms with Crippen LogP contribution in [0, 0.1) is 12.7 Å². The molecule has 1 aliphatic heterocycles. The summed E-state index contributed by atoms with van der Waals surface area (Å²) in [6.45, 7) is 2.58. The van der Waals surface area contributed by atoms with Gasteiger partial charge in [0.15, 0.2) is 0 Å². The lowest BCUT2D eigenvalue weighted by Crippen LogP contribution is -2.27.